The van der Waals surface area contributed by atoms with Crippen LogP contribution in [-0.4, -0.2) is 82.9 Å². The van der Waals surface area contributed by atoms with Gasteiger partial charge in [0.15, 0.2) is 5.11 Å². The van der Waals surface area contributed by atoms with Gasteiger partial charge in [0.1, 0.15) is 0 Å². The summed E-state index contributed by atoms with van der Waals surface area (Å²) < 4.78 is 12.3. The zero-order valence-electron chi connectivity index (χ0n) is 29.7. The molecule has 2 saturated heterocycles. The molecule has 0 bridgehead atoms. The third-order valence-corrected chi connectivity index (χ3v) is 11.3. The predicted octanol–water partition coefficient (Wildman–Crippen LogP) is 5.25. The van der Waals surface area contributed by atoms with Crippen molar-refractivity contribution in [2.45, 2.75) is 116 Å². The Morgan fingerprint density at radius 1 is 0.812 bits per heavy atom. The Balaban J connectivity index is 0.000000199. The van der Waals surface area contributed by atoms with Crippen LogP contribution in [0.2, 0.25) is 0 Å². The number of hydrogen-bond acceptors (Lipinski definition) is 7. The Morgan fingerprint density at radius 2 is 1.27 bits per heavy atom. The van der Waals surface area contributed by atoms with Crippen molar-refractivity contribution in [3.05, 3.63) is 71.8 Å². The maximum atomic E-state index is 10.8. The zero-order valence-corrected chi connectivity index (χ0v) is 30.5. The molecule has 0 radical (unpaired) electrons. The Hall–Kier alpha value is -2.11. The summed E-state index contributed by atoms with van der Waals surface area (Å²) in [5, 5.41) is 28.1. The molecule has 2 aliphatic carbocycles. The van der Waals surface area contributed by atoms with E-state index >= 15 is 0 Å². The average Bonchev–Trinajstić information content (AvgIpc) is 3.03. The van der Waals surface area contributed by atoms with Crippen LogP contribution < -0.4 is 16.4 Å². The van der Waals surface area contributed by atoms with Crippen molar-refractivity contribution >= 4 is 17.3 Å². The zero-order chi connectivity index (χ0) is 34.5. The molecule has 2 heterocycles. The molecule has 268 valence electrons. The molecule has 2 aromatic carbocycles. The topological polar surface area (TPSA) is 112 Å². The minimum Gasteiger partial charge on any atom is -0.391 e. The number of hydrogen-bond donors (Lipinski definition) is 5. The first-order valence-corrected chi connectivity index (χ1v) is 18.8. The van der Waals surface area contributed by atoms with Gasteiger partial charge in [0.25, 0.3) is 0 Å². The molecule has 10 atom stereocenters. The highest BCUT2D eigenvalue weighted by atomic mass is 32.1. The Labute approximate surface area is 295 Å². The van der Waals surface area contributed by atoms with Crippen LogP contribution in [0.4, 0.5) is 0 Å². The van der Waals surface area contributed by atoms with Crippen LogP contribution in [0.1, 0.15) is 77.3 Å². The van der Waals surface area contributed by atoms with E-state index in [1.165, 1.54) is 25.9 Å². The van der Waals surface area contributed by atoms with E-state index in [2.05, 4.69) is 55.4 Å². The lowest BCUT2D eigenvalue weighted by atomic mass is 9.73. The molecule has 2 aromatic rings. The Morgan fingerprint density at radius 3 is 1.71 bits per heavy atom. The summed E-state index contributed by atoms with van der Waals surface area (Å²) in [5.41, 5.74) is 8.43. The molecule has 2 aliphatic heterocycles. The van der Waals surface area contributed by atoms with Gasteiger partial charge in [0, 0.05) is 13.1 Å². The summed E-state index contributed by atoms with van der Waals surface area (Å²) in [6, 6.07) is 19.9. The second-order valence-corrected chi connectivity index (χ2v) is 14.6. The van der Waals surface area contributed by atoms with Crippen molar-refractivity contribution in [3.63, 3.8) is 0 Å². The minimum absolute atomic E-state index is 0.0480. The molecule has 0 unspecified atom stereocenters. The number of thiocarbonyl (C=S) groups is 1. The number of benzene rings is 2. The van der Waals surface area contributed by atoms with Crippen molar-refractivity contribution in [2.24, 2.45) is 29.4 Å². The summed E-state index contributed by atoms with van der Waals surface area (Å²) in [4.78, 5) is 2.16. The van der Waals surface area contributed by atoms with Crippen molar-refractivity contribution in [2.75, 3.05) is 26.2 Å². The highest BCUT2D eigenvalue weighted by Crippen LogP contribution is 2.36. The number of aliphatic hydroxyl groups excluding tert-OH is 2. The van der Waals surface area contributed by atoms with Crippen molar-refractivity contribution < 1.29 is 19.7 Å². The number of nitrogens with two attached hydrogens (primary N) is 1. The van der Waals surface area contributed by atoms with Gasteiger partial charge < -0.3 is 41.0 Å². The van der Waals surface area contributed by atoms with E-state index < -0.39 is 12.2 Å². The van der Waals surface area contributed by atoms with Gasteiger partial charge in [0.2, 0.25) is 0 Å². The molecule has 2 saturated carbocycles. The molecule has 9 heteroatoms. The van der Waals surface area contributed by atoms with Crippen LogP contribution in [-0.2, 0) is 22.7 Å². The van der Waals surface area contributed by atoms with Crippen LogP contribution in [0.3, 0.4) is 0 Å². The second kappa shape index (κ2) is 19.9. The summed E-state index contributed by atoms with van der Waals surface area (Å²) in [6.07, 6.45) is 5.33. The number of nitrogens with one attached hydrogen (secondary N) is 2. The Bertz CT molecular complexity index is 1180. The number of nitrogens with zero attached hydrogens (tertiary/aromatic N) is 1. The molecule has 8 nitrogen and oxygen atoms in total. The summed E-state index contributed by atoms with van der Waals surface area (Å²) in [5.74, 6) is 1.75. The lowest BCUT2D eigenvalue weighted by Crippen LogP contribution is -2.61. The smallest absolute Gasteiger partial charge is 0.169 e. The lowest BCUT2D eigenvalue weighted by Gasteiger charge is -2.46. The van der Waals surface area contributed by atoms with Gasteiger partial charge >= 0.3 is 0 Å². The van der Waals surface area contributed by atoms with Crippen LogP contribution in [0.15, 0.2) is 60.7 Å². The molecular formula is C39H62N4O4S. The third-order valence-electron chi connectivity index (χ3n) is 11.0. The fourth-order valence-electron chi connectivity index (χ4n) is 7.24. The maximum absolute atomic E-state index is 10.8. The second-order valence-electron chi connectivity index (χ2n) is 14.2. The summed E-state index contributed by atoms with van der Waals surface area (Å²) in [6.45, 7) is 14.4. The average molecular weight is 683 g/mol. The van der Waals surface area contributed by atoms with Crippen LogP contribution in [0, 0.1) is 23.7 Å². The highest BCUT2D eigenvalue weighted by molar-refractivity contribution is 7.80. The molecular weight excluding hydrogens is 621 g/mol. The molecule has 4 fully saturated rings. The molecule has 6 N–H and O–H groups in total. The summed E-state index contributed by atoms with van der Waals surface area (Å²) in [7, 11) is 0. The minimum atomic E-state index is -0.443. The first-order valence-electron chi connectivity index (χ1n) is 18.4. The highest BCUT2D eigenvalue weighted by Gasteiger charge is 2.43. The quantitative estimate of drug-likeness (QED) is 0.227. The number of ether oxygens (including phenoxy) is 2. The molecule has 0 aromatic heterocycles. The van der Waals surface area contributed by atoms with E-state index in [0.29, 0.717) is 36.9 Å². The van der Waals surface area contributed by atoms with Crippen molar-refractivity contribution in [1.82, 2.24) is 15.5 Å². The molecule has 4 aliphatic rings. The van der Waals surface area contributed by atoms with E-state index in [-0.39, 0.29) is 24.3 Å². The van der Waals surface area contributed by atoms with E-state index in [4.69, 9.17) is 27.4 Å². The Kier molecular flexibility index (Phi) is 16.1. The third kappa shape index (κ3) is 10.9. The van der Waals surface area contributed by atoms with Gasteiger partial charge in [-0.05, 0) is 85.8 Å². The lowest BCUT2D eigenvalue weighted by molar-refractivity contribution is -0.0958. The fraction of sp³-hybridized carbons (Fsp3) is 0.667. The summed E-state index contributed by atoms with van der Waals surface area (Å²) >= 11 is 5.54. The predicted molar refractivity (Wildman–Crippen MR) is 198 cm³/mol. The van der Waals surface area contributed by atoms with Crippen molar-refractivity contribution in [1.29, 1.82) is 0 Å². The first-order chi connectivity index (χ1) is 23.2. The van der Waals surface area contributed by atoms with Crippen LogP contribution in [0.25, 0.3) is 0 Å². The number of rotatable bonds is 9. The van der Waals surface area contributed by atoms with E-state index in [0.717, 1.165) is 55.0 Å². The van der Waals surface area contributed by atoms with Gasteiger partial charge in [-0.25, -0.2) is 0 Å². The van der Waals surface area contributed by atoms with Gasteiger partial charge in [-0.1, -0.05) is 101 Å². The maximum Gasteiger partial charge on any atom is 0.169 e. The van der Waals surface area contributed by atoms with Crippen LogP contribution >= 0.6 is 12.2 Å². The van der Waals surface area contributed by atoms with Crippen molar-refractivity contribution in [3.8, 4) is 0 Å². The fourth-order valence-corrected chi connectivity index (χ4v) is 7.56. The van der Waals surface area contributed by atoms with E-state index in [9.17, 15) is 10.2 Å². The molecule has 0 amide bonds. The SMILES string of the molecule is C1CNC1.CC[C@H]1C[C@@H](O)[C@H](N)[C@@H](OCc2ccccc2)[C@@H]1C.CC[C@H]1C[C@@H](O)[C@H](NC(=S)N2CCC2)[C@@H](OCc2ccccc2)[C@@H]1C. The first kappa shape index (κ1) is 38.7. The van der Waals surface area contributed by atoms with Gasteiger partial charge in [-0.15, -0.1) is 0 Å². The standard InChI is InChI=1S/C20H30N2O2S.C16H25NO2.C3H7N/c1-3-16-12-17(23)18(21-20(25)22-10-7-11-22)19(14(16)2)24-13-15-8-5-4-6-9-15;1-3-13-9-14(18)15(17)16(11(13)2)19-10-12-7-5-4-6-8-12;1-2-4-3-1/h4-6,8-9,14,16-19,23H,3,7,10-13H2,1-2H3,(H,21,25);4-8,11,13-16,18H,3,9-10,17H2,1-2H3;4H,1-3H2/t14-,16+,17-,18+,19+;11-,13+,14-,15+,16+;/m11./s1. The molecule has 6 rings (SSSR count). The number of likely N-dealkylation sites (tertiary alicyclic amines) is 1. The number of aliphatic hydroxyl groups is 2. The largest absolute Gasteiger partial charge is 0.391 e. The normalized spacial score (nSPS) is 32.7. The molecule has 0 spiro atoms. The van der Waals surface area contributed by atoms with Gasteiger partial charge in [-0.2, -0.15) is 0 Å². The monoisotopic (exact) mass is 682 g/mol. The van der Waals surface area contributed by atoms with Gasteiger partial charge in [0.05, 0.1) is 49.7 Å². The van der Waals surface area contributed by atoms with Crippen LogP contribution in [0.5, 0.6) is 0 Å². The van der Waals surface area contributed by atoms with E-state index in [1.807, 2.05) is 48.5 Å². The van der Waals surface area contributed by atoms with E-state index in [1.54, 1.807) is 0 Å². The van der Waals surface area contributed by atoms with Gasteiger partial charge in [-0.3, -0.25) is 0 Å². The molecule has 48 heavy (non-hydrogen) atoms.